The van der Waals surface area contributed by atoms with E-state index in [4.69, 9.17) is 0 Å². The molecule has 0 bridgehead atoms. The van der Waals surface area contributed by atoms with E-state index in [0.29, 0.717) is 5.56 Å². The minimum atomic E-state index is -4.47. The van der Waals surface area contributed by atoms with Crippen molar-refractivity contribution in [1.82, 2.24) is 0 Å². The maximum atomic E-state index is 12.7. The molecule has 0 aliphatic carbocycles. The SMILES string of the molecule is Cc1ccc(C(=O)CCC(=O)Nc2cccc(C(F)(F)F)c2)c(C)c1. The molecule has 132 valence electrons. The molecule has 0 saturated heterocycles. The van der Waals surface area contributed by atoms with Gasteiger partial charge in [-0.05, 0) is 37.6 Å². The fourth-order valence-corrected chi connectivity index (χ4v) is 2.48. The van der Waals surface area contributed by atoms with Crippen LogP contribution in [-0.2, 0) is 11.0 Å². The van der Waals surface area contributed by atoms with Crippen LogP contribution in [0.1, 0.15) is 39.9 Å². The van der Waals surface area contributed by atoms with Crippen molar-refractivity contribution in [1.29, 1.82) is 0 Å². The van der Waals surface area contributed by atoms with Gasteiger partial charge in [0.2, 0.25) is 5.91 Å². The molecule has 2 aromatic carbocycles. The molecule has 0 unspecified atom stereocenters. The first-order valence-electron chi connectivity index (χ1n) is 7.74. The molecule has 2 aromatic rings. The molecule has 0 spiro atoms. The molecule has 3 nitrogen and oxygen atoms in total. The third-order valence-electron chi connectivity index (χ3n) is 3.74. The summed E-state index contributed by atoms with van der Waals surface area (Å²) in [5.74, 6) is -0.672. The number of alkyl halides is 3. The molecule has 0 aliphatic rings. The van der Waals surface area contributed by atoms with Crippen molar-refractivity contribution in [3.63, 3.8) is 0 Å². The number of halogens is 3. The summed E-state index contributed by atoms with van der Waals surface area (Å²) in [6.45, 7) is 3.74. The molecule has 1 amide bonds. The number of hydrogen-bond donors (Lipinski definition) is 1. The number of rotatable bonds is 5. The highest BCUT2D eigenvalue weighted by molar-refractivity contribution is 6.00. The molecule has 6 heteroatoms. The van der Waals surface area contributed by atoms with Gasteiger partial charge in [0.15, 0.2) is 5.78 Å². The predicted molar refractivity (Wildman–Crippen MR) is 89.6 cm³/mol. The Morgan fingerprint density at radius 2 is 1.72 bits per heavy atom. The summed E-state index contributed by atoms with van der Waals surface area (Å²) < 4.78 is 38.0. The van der Waals surface area contributed by atoms with Crippen LogP contribution in [-0.4, -0.2) is 11.7 Å². The lowest BCUT2D eigenvalue weighted by molar-refractivity contribution is -0.137. The number of amides is 1. The molecule has 1 N–H and O–H groups in total. The summed E-state index contributed by atoms with van der Waals surface area (Å²) in [4.78, 5) is 24.1. The van der Waals surface area contributed by atoms with E-state index in [1.165, 1.54) is 12.1 Å². The van der Waals surface area contributed by atoms with Gasteiger partial charge in [-0.3, -0.25) is 9.59 Å². The average molecular weight is 349 g/mol. The number of anilines is 1. The average Bonchev–Trinajstić information content (AvgIpc) is 2.52. The molecule has 0 fully saturated rings. The highest BCUT2D eigenvalue weighted by Gasteiger charge is 2.30. The second-order valence-corrected chi connectivity index (χ2v) is 5.87. The van der Waals surface area contributed by atoms with Crippen molar-refractivity contribution in [2.75, 3.05) is 5.32 Å². The van der Waals surface area contributed by atoms with Gasteiger partial charge >= 0.3 is 6.18 Å². The van der Waals surface area contributed by atoms with Crippen LogP contribution < -0.4 is 5.32 Å². The van der Waals surface area contributed by atoms with Crippen molar-refractivity contribution >= 4 is 17.4 Å². The summed E-state index contributed by atoms with van der Waals surface area (Å²) in [5.41, 5.74) is 1.65. The number of ketones is 1. The van der Waals surface area contributed by atoms with E-state index in [9.17, 15) is 22.8 Å². The Labute approximate surface area is 143 Å². The lowest BCUT2D eigenvalue weighted by atomic mass is 9.99. The number of carbonyl (C=O) groups excluding carboxylic acids is 2. The standard InChI is InChI=1S/C19H18F3NO2/c1-12-6-7-16(13(2)10-12)17(24)8-9-18(25)23-15-5-3-4-14(11-15)19(20,21)22/h3-7,10-11H,8-9H2,1-2H3,(H,23,25). The smallest absolute Gasteiger partial charge is 0.326 e. The van der Waals surface area contributed by atoms with E-state index >= 15 is 0 Å². The van der Waals surface area contributed by atoms with Crippen molar-refractivity contribution in [3.05, 3.63) is 64.7 Å². The summed E-state index contributed by atoms with van der Waals surface area (Å²) in [6, 6.07) is 9.82. The van der Waals surface area contributed by atoms with Gasteiger partial charge in [-0.15, -0.1) is 0 Å². The lowest BCUT2D eigenvalue weighted by Gasteiger charge is -2.10. The first-order valence-corrected chi connectivity index (χ1v) is 7.74. The number of carbonyl (C=O) groups is 2. The molecule has 25 heavy (non-hydrogen) atoms. The van der Waals surface area contributed by atoms with Crippen LogP contribution in [0.4, 0.5) is 18.9 Å². The van der Waals surface area contributed by atoms with Crippen LogP contribution >= 0.6 is 0 Å². The van der Waals surface area contributed by atoms with Gasteiger partial charge in [0.25, 0.3) is 0 Å². The number of Topliss-reactive ketones (excluding diaryl/α,β-unsaturated/α-hetero) is 1. The quantitative estimate of drug-likeness (QED) is 0.779. The summed E-state index contributed by atoms with van der Waals surface area (Å²) in [5, 5.41) is 2.39. The normalized spacial score (nSPS) is 11.2. The second kappa shape index (κ2) is 7.51. The third kappa shape index (κ3) is 5.17. The largest absolute Gasteiger partial charge is 0.416 e. The Balaban J connectivity index is 1.96. The molecule has 0 heterocycles. The van der Waals surface area contributed by atoms with Crippen molar-refractivity contribution < 1.29 is 22.8 Å². The Kier molecular flexibility index (Phi) is 5.62. The van der Waals surface area contributed by atoms with E-state index in [2.05, 4.69) is 5.32 Å². The van der Waals surface area contributed by atoms with Crippen molar-refractivity contribution in [2.45, 2.75) is 32.9 Å². The van der Waals surface area contributed by atoms with Crippen molar-refractivity contribution in [3.8, 4) is 0 Å². The lowest BCUT2D eigenvalue weighted by Crippen LogP contribution is -2.14. The van der Waals surface area contributed by atoms with Crippen LogP contribution in [0.25, 0.3) is 0 Å². The number of aryl methyl sites for hydroxylation is 2. The summed E-state index contributed by atoms with van der Waals surface area (Å²) in [6.07, 6.45) is -4.57. The van der Waals surface area contributed by atoms with Crippen LogP contribution in [0.2, 0.25) is 0 Å². The van der Waals surface area contributed by atoms with Crippen LogP contribution in [0.5, 0.6) is 0 Å². The van der Waals surface area contributed by atoms with E-state index < -0.39 is 17.6 Å². The number of nitrogens with one attached hydrogen (secondary N) is 1. The monoisotopic (exact) mass is 349 g/mol. The Hall–Kier alpha value is -2.63. The Morgan fingerprint density at radius 3 is 2.36 bits per heavy atom. The molecule has 0 aromatic heterocycles. The first-order chi connectivity index (χ1) is 11.7. The predicted octanol–water partition coefficient (Wildman–Crippen LogP) is 4.92. The minimum absolute atomic E-state index is 0.00526. The molecule has 0 aliphatic heterocycles. The number of benzene rings is 2. The van der Waals surface area contributed by atoms with E-state index in [1.54, 1.807) is 6.07 Å². The number of hydrogen-bond acceptors (Lipinski definition) is 2. The molecule has 2 rings (SSSR count). The second-order valence-electron chi connectivity index (χ2n) is 5.87. The van der Waals surface area contributed by atoms with Gasteiger partial charge in [0, 0.05) is 24.1 Å². The van der Waals surface area contributed by atoms with Crippen LogP contribution in [0.3, 0.4) is 0 Å². The van der Waals surface area contributed by atoms with Gasteiger partial charge in [-0.2, -0.15) is 13.2 Å². The van der Waals surface area contributed by atoms with Gasteiger partial charge in [-0.25, -0.2) is 0 Å². The third-order valence-corrected chi connectivity index (χ3v) is 3.74. The zero-order valence-corrected chi connectivity index (χ0v) is 13.9. The van der Waals surface area contributed by atoms with Crippen LogP contribution in [0.15, 0.2) is 42.5 Å². The maximum absolute atomic E-state index is 12.7. The molecular weight excluding hydrogens is 331 g/mol. The topological polar surface area (TPSA) is 46.2 Å². The summed E-state index contributed by atoms with van der Waals surface area (Å²) in [7, 11) is 0. The minimum Gasteiger partial charge on any atom is -0.326 e. The fourth-order valence-electron chi connectivity index (χ4n) is 2.48. The van der Waals surface area contributed by atoms with Gasteiger partial charge < -0.3 is 5.32 Å². The van der Waals surface area contributed by atoms with Crippen molar-refractivity contribution in [2.24, 2.45) is 0 Å². The van der Waals surface area contributed by atoms with Gasteiger partial charge in [-0.1, -0.05) is 29.8 Å². The van der Waals surface area contributed by atoms with E-state index in [0.717, 1.165) is 23.3 Å². The van der Waals surface area contributed by atoms with Gasteiger partial charge in [0.1, 0.15) is 0 Å². The molecule has 0 radical (unpaired) electrons. The highest BCUT2D eigenvalue weighted by atomic mass is 19.4. The van der Waals surface area contributed by atoms with E-state index in [1.807, 2.05) is 26.0 Å². The fraction of sp³-hybridized carbons (Fsp3) is 0.263. The zero-order valence-electron chi connectivity index (χ0n) is 13.9. The Morgan fingerprint density at radius 1 is 1.00 bits per heavy atom. The molecule has 0 atom stereocenters. The summed E-state index contributed by atoms with van der Waals surface area (Å²) >= 11 is 0. The van der Waals surface area contributed by atoms with Gasteiger partial charge in [0.05, 0.1) is 5.56 Å². The first kappa shape index (κ1) is 18.7. The molecular formula is C19H18F3NO2. The van der Waals surface area contributed by atoms with Crippen LogP contribution in [0, 0.1) is 13.8 Å². The molecule has 0 saturated carbocycles. The zero-order chi connectivity index (χ0) is 18.6. The maximum Gasteiger partial charge on any atom is 0.416 e. The Bertz CT molecular complexity index is 797. The highest BCUT2D eigenvalue weighted by Crippen LogP contribution is 2.30. The van der Waals surface area contributed by atoms with E-state index in [-0.39, 0.29) is 24.3 Å².